The van der Waals surface area contributed by atoms with E-state index in [9.17, 15) is 5.26 Å². The zero-order valence-corrected chi connectivity index (χ0v) is 16.7. The molecule has 0 saturated carbocycles. The predicted octanol–water partition coefficient (Wildman–Crippen LogP) is 5.87. The van der Waals surface area contributed by atoms with Gasteiger partial charge in [-0.15, -0.1) is 0 Å². The van der Waals surface area contributed by atoms with Gasteiger partial charge in [-0.3, -0.25) is 4.90 Å². The molecular weight excluding hydrogens is 364 g/mol. The minimum atomic E-state index is -0.449. The van der Waals surface area contributed by atoms with Crippen molar-refractivity contribution in [1.29, 1.82) is 5.26 Å². The normalized spacial score (nSPS) is 13.6. The van der Waals surface area contributed by atoms with Crippen LogP contribution < -0.4 is 0 Å². The van der Waals surface area contributed by atoms with Gasteiger partial charge >= 0.3 is 0 Å². The maximum Gasteiger partial charge on any atom is 0.0995 e. The third-order valence-electron chi connectivity index (χ3n) is 6.15. The lowest BCUT2D eigenvalue weighted by Crippen LogP contribution is -2.45. The summed E-state index contributed by atoms with van der Waals surface area (Å²) in [6, 6.07) is 40.6. The summed E-state index contributed by atoms with van der Waals surface area (Å²) in [6.07, 6.45) is 0. The summed E-state index contributed by atoms with van der Waals surface area (Å²) in [5.74, 6) is 0. The maximum atomic E-state index is 9.67. The first-order valence-electron chi connectivity index (χ1n) is 10.3. The largest absolute Gasteiger partial charge is 0.277 e. The summed E-state index contributed by atoms with van der Waals surface area (Å²) in [5, 5.41) is 9.67. The molecule has 0 saturated heterocycles. The van der Waals surface area contributed by atoms with Gasteiger partial charge in [0.2, 0.25) is 0 Å². The maximum absolute atomic E-state index is 9.67. The van der Waals surface area contributed by atoms with Gasteiger partial charge in [-0.1, -0.05) is 103 Å². The standard InChI is InChI=1S/C28H22N2/c29-19-22-11-10-12-23-20-30(21-27(22)23)28(24-13-4-1-5-14-24,25-15-6-2-7-16-25)26-17-8-3-9-18-26/h1-18H,20-21H2. The van der Waals surface area contributed by atoms with E-state index < -0.39 is 5.54 Å². The van der Waals surface area contributed by atoms with Crippen molar-refractivity contribution in [3.8, 4) is 6.07 Å². The average molecular weight is 386 g/mol. The number of benzene rings is 4. The molecule has 0 bridgehead atoms. The molecule has 1 aliphatic heterocycles. The van der Waals surface area contributed by atoms with E-state index in [1.54, 1.807) is 0 Å². The number of hydrogen-bond acceptors (Lipinski definition) is 2. The first-order valence-corrected chi connectivity index (χ1v) is 10.3. The molecule has 0 amide bonds. The Balaban J connectivity index is 1.79. The van der Waals surface area contributed by atoms with E-state index in [0.29, 0.717) is 0 Å². The molecule has 2 heteroatoms. The molecule has 4 aromatic carbocycles. The van der Waals surface area contributed by atoms with Crippen molar-refractivity contribution in [2.75, 3.05) is 0 Å². The van der Waals surface area contributed by atoms with Gasteiger partial charge < -0.3 is 0 Å². The van der Waals surface area contributed by atoms with E-state index >= 15 is 0 Å². The highest BCUT2D eigenvalue weighted by atomic mass is 15.2. The van der Waals surface area contributed by atoms with Crippen LogP contribution in [0.2, 0.25) is 0 Å². The predicted molar refractivity (Wildman–Crippen MR) is 120 cm³/mol. The van der Waals surface area contributed by atoms with Crippen LogP contribution in [-0.4, -0.2) is 4.90 Å². The minimum Gasteiger partial charge on any atom is -0.277 e. The van der Waals surface area contributed by atoms with E-state index in [4.69, 9.17) is 0 Å². The Bertz CT molecular complexity index is 1100. The lowest BCUT2D eigenvalue weighted by atomic mass is 9.75. The molecule has 1 heterocycles. The molecule has 1 aliphatic rings. The van der Waals surface area contributed by atoms with Crippen LogP contribution in [0.15, 0.2) is 109 Å². The minimum absolute atomic E-state index is 0.449. The van der Waals surface area contributed by atoms with E-state index in [2.05, 4.69) is 108 Å². The molecule has 0 radical (unpaired) electrons. The molecule has 0 unspecified atom stereocenters. The van der Waals surface area contributed by atoms with E-state index in [1.165, 1.54) is 22.3 Å². The highest BCUT2D eigenvalue weighted by Crippen LogP contribution is 2.46. The lowest BCUT2D eigenvalue weighted by molar-refractivity contribution is 0.157. The zero-order chi connectivity index (χ0) is 20.4. The Morgan fingerprint density at radius 3 is 1.57 bits per heavy atom. The van der Waals surface area contributed by atoms with Crippen molar-refractivity contribution in [2.24, 2.45) is 0 Å². The first kappa shape index (κ1) is 18.4. The van der Waals surface area contributed by atoms with Gasteiger partial charge in [-0.25, -0.2) is 0 Å². The third-order valence-corrected chi connectivity index (χ3v) is 6.15. The van der Waals surface area contributed by atoms with Crippen LogP contribution in [0.3, 0.4) is 0 Å². The van der Waals surface area contributed by atoms with E-state index in [-0.39, 0.29) is 0 Å². The van der Waals surface area contributed by atoms with Crippen LogP contribution in [0.4, 0.5) is 0 Å². The van der Waals surface area contributed by atoms with Gasteiger partial charge in [-0.05, 0) is 33.9 Å². The van der Waals surface area contributed by atoms with Crippen molar-refractivity contribution in [2.45, 2.75) is 18.6 Å². The second-order valence-corrected chi connectivity index (χ2v) is 7.72. The van der Waals surface area contributed by atoms with Crippen molar-refractivity contribution < 1.29 is 0 Å². The van der Waals surface area contributed by atoms with E-state index in [1.807, 2.05) is 12.1 Å². The Labute approximate surface area is 177 Å². The number of nitrogens with zero attached hydrogens (tertiary/aromatic N) is 2. The van der Waals surface area contributed by atoms with Gasteiger partial charge in [0.1, 0.15) is 0 Å². The Morgan fingerprint density at radius 2 is 1.10 bits per heavy atom. The molecule has 2 nitrogen and oxygen atoms in total. The average Bonchev–Trinajstić information content (AvgIpc) is 3.26. The fourth-order valence-electron chi connectivity index (χ4n) is 4.85. The molecule has 0 spiro atoms. The second kappa shape index (κ2) is 7.63. The number of fused-ring (bicyclic) bond motifs is 1. The molecule has 144 valence electrons. The molecule has 0 aliphatic carbocycles. The van der Waals surface area contributed by atoms with Crippen molar-refractivity contribution in [1.82, 2.24) is 4.90 Å². The Kier molecular flexibility index (Phi) is 4.67. The number of rotatable bonds is 4. The van der Waals surface area contributed by atoms with Crippen molar-refractivity contribution >= 4 is 0 Å². The van der Waals surface area contributed by atoms with Crippen LogP contribution in [0, 0.1) is 11.3 Å². The molecule has 0 atom stereocenters. The molecule has 30 heavy (non-hydrogen) atoms. The molecule has 0 N–H and O–H groups in total. The molecule has 0 fully saturated rings. The van der Waals surface area contributed by atoms with Crippen molar-refractivity contribution in [3.63, 3.8) is 0 Å². The summed E-state index contributed by atoms with van der Waals surface area (Å²) in [4.78, 5) is 2.51. The second-order valence-electron chi connectivity index (χ2n) is 7.72. The summed E-state index contributed by atoms with van der Waals surface area (Å²) in [5.41, 5.74) is 6.40. The summed E-state index contributed by atoms with van der Waals surface area (Å²) >= 11 is 0. The smallest absolute Gasteiger partial charge is 0.0995 e. The Hall–Kier alpha value is -3.67. The van der Waals surface area contributed by atoms with Gasteiger partial charge in [0, 0.05) is 13.1 Å². The molecule has 4 aromatic rings. The van der Waals surface area contributed by atoms with Gasteiger partial charge in [0.25, 0.3) is 0 Å². The number of nitriles is 1. The van der Waals surface area contributed by atoms with Crippen LogP contribution in [0.5, 0.6) is 0 Å². The molecule has 5 rings (SSSR count). The third kappa shape index (κ3) is 2.84. The van der Waals surface area contributed by atoms with Gasteiger partial charge in [-0.2, -0.15) is 5.26 Å². The van der Waals surface area contributed by atoms with Crippen molar-refractivity contribution in [3.05, 3.63) is 143 Å². The summed E-state index contributed by atoms with van der Waals surface area (Å²) < 4.78 is 0. The molecule has 0 aromatic heterocycles. The topological polar surface area (TPSA) is 27.0 Å². The fourth-order valence-corrected chi connectivity index (χ4v) is 4.85. The quantitative estimate of drug-likeness (QED) is 0.410. The van der Waals surface area contributed by atoms with Gasteiger partial charge in [0.15, 0.2) is 0 Å². The summed E-state index contributed by atoms with van der Waals surface area (Å²) in [6.45, 7) is 1.53. The summed E-state index contributed by atoms with van der Waals surface area (Å²) in [7, 11) is 0. The fraction of sp³-hybridized carbons (Fsp3) is 0.107. The van der Waals surface area contributed by atoms with E-state index in [0.717, 1.165) is 24.2 Å². The Morgan fingerprint density at radius 1 is 0.600 bits per heavy atom. The number of hydrogen-bond donors (Lipinski definition) is 0. The highest BCUT2D eigenvalue weighted by Gasteiger charge is 2.44. The molecular formula is C28H22N2. The SMILES string of the molecule is N#Cc1cccc2c1CN(C(c1ccccc1)(c1ccccc1)c1ccccc1)C2. The van der Waals surface area contributed by atoms with Crippen LogP contribution >= 0.6 is 0 Å². The lowest BCUT2D eigenvalue weighted by Gasteiger charge is -2.43. The van der Waals surface area contributed by atoms with Crippen LogP contribution in [0.25, 0.3) is 0 Å². The first-order chi connectivity index (χ1) is 14.8. The monoisotopic (exact) mass is 386 g/mol. The zero-order valence-electron chi connectivity index (χ0n) is 16.7. The van der Waals surface area contributed by atoms with Gasteiger partial charge in [0.05, 0.1) is 17.2 Å². The highest BCUT2D eigenvalue weighted by molar-refractivity contribution is 5.52. The van der Waals surface area contributed by atoms with Crippen LogP contribution in [0.1, 0.15) is 33.4 Å². The van der Waals surface area contributed by atoms with Crippen LogP contribution in [-0.2, 0) is 18.6 Å².